The number of alkyl halides is 3. The Labute approximate surface area is 166 Å². The van der Waals surface area contributed by atoms with E-state index in [1.54, 1.807) is 7.11 Å². The topological polar surface area (TPSA) is 58.6 Å². The summed E-state index contributed by atoms with van der Waals surface area (Å²) in [7, 11) is -2.63. The van der Waals surface area contributed by atoms with Crippen LogP contribution in [0.1, 0.15) is 18.4 Å². The van der Waals surface area contributed by atoms with E-state index in [2.05, 4.69) is 9.62 Å². The molecule has 0 amide bonds. The standard InChI is InChI=1S/C19H20F4N2O3S/c1-28-15-4-2-14(3-5-15)25-10-8-13(9-11-25)24-29(26,27)16-6-7-18(20)17(12-16)19(21,22)23/h2-7,12-13,24H,8-11H2,1H3. The van der Waals surface area contributed by atoms with Gasteiger partial charge in [0.05, 0.1) is 17.6 Å². The van der Waals surface area contributed by atoms with Gasteiger partial charge in [-0.1, -0.05) is 0 Å². The van der Waals surface area contributed by atoms with Crippen molar-refractivity contribution in [3.8, 4) is 5.75 Å². The van der Waals surface area contributed by atoms with Crippen molar-refractivity contribution in [2.24, 2.45) is 0 Å². The van der Waals surface area contributed by atoms with E-state index in [0.717, 1.165) is 17.5 Å². The van der Waals surface area contributed by atoms with Gasteiger partial charge in [-0.25, -0.2) is 17.5 Å². The molecule has 2 aromatic carbocycles. The molecule has 0 bridgehead atoms. The first-order chi connectivity index (χ1) is 13.6. The normalized spacial score (nSPS) is 16.1. The van der Waals surface area contributed by atoms with Crippen LogP contribution in [0.3, 0.4) is 0 Å². The highest BCUT2D eigenvalue weighted by Gasteiger charge is 2.35. The van der Waals surface area contributed by atoms with E-state index in [1.165, 1.54) is 0 Å². The lowest BCUT2D eigenvalue weighted by Gasteiger charge is -2.33. The summed E-state index contributed by atoms with van der Waals surface area (Å²) in [5, 5.41) is 0. The molecule has 158 valence electrons. The van der Waals surface area contributed by atoms with Gasteiger partial charge in [-0.3, -0.25) is 0 Å². The maximum atomic E-state index is 13.4. The molecule has 0 radical (unpaired) electrons. The SMILES string of the molecule is COc1ccc(N2CCC(NS(=O)(=O)c3ccc(F)c(C(F)(F)F)c3)CC2)cc1. The van der Waals surface area contributed by atoms with Gasteiger partial charge in [0.25, 0.3) is 0 Å². The Morgan fingerprint density at radius 1 is 1.07 bits per heavy atom. The molecule has 29 heavy (non-hydrogen) atoms. The third-order valence-corrected chi connectivity index (χ3v) is 6.33. The number of nitrogens with one attached hydrogen (secondary N) is 1. The zero-order valence-corrected chi connectivity index (χ0v) is 16.4. The van der Waals surface area contributed by atoms with E-state index in [9.17, 15) is 26.0 Å². The Bertz CT molecular complexity index is 954. The predicted octanol–water partition coefficient (Wildman–Crippen LogP) is 3.80. The maximum absolute atomic E-state index is 13.4. The lowest BCUT2D eigenvalue weighted by atomic mass is 10.1. The third kappa shape index (κ3) is 4.99. The first-order valence-electron chi connectivity index (χ1n) is 8.88. The summed E-state index contributed by atoms with van der Waals surface area (Å²) in [6.45, 7) is 1.16. The van der Waals surface area contributed by atoms with Crippen LogP contribution in [-0.2, 0) is 16.2 Å². The van der Waals surface area contributed by atoms with Crippen molar-refractivity contribution in [2.75, 3.05) is 25.1 Å². The van der Waals surface area contributed by atoms with Gasteiger partial charge in [-0.15, -0.1) is 0 Å². The molecule has 0 aliphatic carbocycles. The number of sulfonamides is 1. The molecule has 5 nitrogen and oxygen atoms in total. The summed E-state index contributed by atoms with van der Waals surface area (Å²) in [6.07, 6.45) is -4.00. The molecule has 1 fully saturated rings. The largest absolute Gasteiger partial charge is 0.497 e. The van der Waals surface area contributed by atoms with Crippen LogP contribution in [0.25, 0.3) is 0 Å². The highest BCUT2D eigenvalue weighted by atomic mass is 32.2. The number of halogens is 4. The second-order valence-corrected chi connectivity index (χ2v) is 8.43. The average molecular weight is 432 g/mol. The first kappa shape index (κ1) is 21.4. The summed E-state index contributed by atoms with van der Waals surface area (Å²) < 4.78 is 84.5. The van der Waals surface area contributed by atoms with Crippen molar-refractivity contribution in [1.82, 2.24) is 4.72 Å². The maximum Gasteiger partial charge on any atom is 0.419 e. The van der Waals surface area contributed by atoms with Crippen molar-refractivity contribution in [3.05, 3.63) is 53.8 Å². The molecule has 0 saturated carbocycles. The fraction of sp³-hybridized carbons (Fsp3) is 0.368. The molecular formula is C19H20F4N2O3S. The molecule has 0 spiro atoms. The Morgan fingerprint density at radius 2 is 1.69 bits per heavy atom. The van der Waals surface area contributed by atoms with Crippen molar-refractivity contribution in [3.63, 3.8) is 0 Å². The number of methoxy groups -OCH3 is 1. The van der Waals surface area contributed by atoms with E-state index in [4.69, 9.17) is 4.74 Å². The quantitative estimate of drug-likeness (QED) is 0.731. The van der Waals surface area contributed by atoms with Crippen LogP contribution >= 0.6 is 0 Å². The van der Waals surface area contributed by atoms with Crippen LogP contribution in [0, 0.1) is 5.82 Å². The summed E-state index contributed by atoms with van der Waals surface area (Å²) >= 11 is 0. The Kier molecular flexibility index (Phi) is 6.04. The molecule has 0 atom stereocenters. The van der Waals surface area contributed by atoms with Crippen molar-refractivity contribution in [2.45, 2.75) is 30.0 Å². The Hall–Kier alpha value is -2.33. The van der Waals surface area contributed by atoms with Crippen molar-refractivity contribution < 1.29 is 30.7 Å². The van der Waals surface area contributed by atoms with Crippen LogP contribution in [0.4, 0.5) is 23.2 Å². The summed E-state index contributed by atoms with van der Waals surface area (Å²) in [5.41, 5.74) is -0.629. The van der Waals surface area contributed by atoms with E-state index in [1.807, 2.05) is 24.3 Å². The zero-order chi connectivity index (χ0) is 21.2. The fourth-order valence-electron chi connectivity index (χ4n) is 3.22. The van der Waals surface area contributed by atoms with Crippen molar-refractivity contribution in [1.29, 1.82) is 0 Å². The second kappa shape index (κ2) is 8.19. The van der Waals surface area contributed by atoms with Crippen molar-refractivity contribution >= 4 is 15.7 Å². The Balaban J connectivity index is 1.66. The van der Waals surface area contributed by atoms with Gasteiger partial charge in [0, 0.05) is 24.8 Å². The minimum absolute atomic E-state index is 0.324. The Morgan fingerprint density at radius 3 is 2.24 bits per heavy atom. The summed E-state index contributed by atoms with van der Waals surface area (Å²) in [5.74, 6) is -0.779. The average Bonchev–Trinajstić information content (AvgIpc) is 2.67. The van der Waals surface area contributed by atoms with Gasteiger partial charge in [0.15, 0.2) is 0 Å². The van der Waals surface area contributed by atoms with E-state index in [-0.39, 0.29) is 0 Å². The number of anilines is 1. The summed E-state index contributed by atoms with van der Waals surface area (Å²) in [4.78, 5) is 1.48. The van der Waals surface area contributed by atoms with Gasteiger partial charge in [-0.2, -0.15) is 13.2 Å². The summed E-state index contributed by atoms with van der Waals surface area (Å²) in [6, 6.07) is 8.72. The van der Waals surface area contributed by atoms with E-state index < -0.39 is 38.5 Å². The minimum atomic E-state index is -4.97. The van der Waals surface area contributed by atoms with Gasteiger partial charge >= 0.3 is 6.18 Å². The number of ether oxygens (including phenoxy) is 1. The molecule has 10 heteroatoms. The highest BCUT2D eigenvalue weighted by molar-refractivity contribution is 7.89. The first-order valence-corrected chi connectivity index (χ1v) is 10.4. The minimum Gasteiger partial charge on any atom is -0.497 e. The lowest BCUT2D eigenvalue weighted by molar-refractivity contribution is -0.140. The number of hydrogen-bond acceptors (Lipinski definition) is 4. The number of hydrogen-bond donors (Lipinski definition) is 1. The van der Waals surface area contributed by atoms with Gasteiger partial charge in [0.1, 0.15) is 11.6 Å². The number of benzene rings is 2. The van der Waals surface area contributed by atoms with Crippen LogP contribution in [0.2, 0.25) is 0 Å². The van der Waals surface area contributed by atoms with Gasteiger partial charge in [0.2, 0.25) is 10.0 Å². The van der Waals surface area contributed by atoms with Gasteiger partial charge < -0.3 is 9.64 Å². The molecule has 1 heterocycles. The predicted molar refractivity (Wildman–Crippen MR) is 100.0 cm³/mol. The smallest absolute Gasteiger partial charge is 0.419 e. The molecular weight excluding hydrogens is 412 g/mol. The highest BCUT2D eigenvalue weighted by Crippen LogP contribution is 2.33. The van der Waals surface area contributed by atoms with Gasteiger partial charge in [-0.05, 0) is 55.3 Å². The number of piperidine rings is 1. The molecule has 1 N–H and O–H groups in total. The van der Waals surface area contributed by atoms with E-state index >= 15 is 0 Å². The second-order valence-electron chi connectivity index (χ2n) is 6.72. The molecule has 1 aliphatic rings. The number of rotatable bonds is 5. The van der Waals surface area contributed by atoms with Crippen LogP contribution in [0.5, 0.6) is 5.75 Å². The van der Waals surface area contributed by atoms with Crippen LogP contribution in [0.15, 0.2) is 47.4 Å². The molecule has 1 saturated heterocycles. The fourth-order valence-corrected chi connectivity index (χ4v) is 4.56. The van der Waals surface area contributed by atoms with Crippen LogP contribution in [-0.4, -0.2) is 34.7 Å². The monoisotopic (exact) mass is 432 g/mol. The molecule has 3 rings (SSSR count). The zero-order valence-electron chi connectivity index (χ0n) is 15.5. The van der Waals surface area contributed by atoms with Crippen LogP contribution < -0.4 is 14.4 Å². The van der Waals surface area contributed by atoms with E-state index in [0.29, 0.717) is 38.1 Å². The molecule has 2 aromatic rings. The third-order valence-electron chi connectivity index (χ3n) is 4.81. The molecule has 1 aliphatic heterocycles. The lowest BCUT2D eigenvalue weighted by Crippen LogP contribution is -2.44. The molecule has 0 aromatic heterocycles. The number of nitrogens with zero attached hydrogens (tertiary/aromatic N) is 1. The molecule has 0 unspecified atom stereocenters.